The van der Waals surface area contributed by atoms with Crippen LogP contribution in [0.1, 0.15) is 90.3 Å². The number of anilines is 1. The van der Waals surface area contributed by atoms with Gasteiger partial charge in [0, 0.05) is 24.8 Å². The zero-order valence-electron chi connectivity index (χ0n) is 25.8. The van der Waals surface area contributed by atoms with E-state index < -0.39 is 23.6 Å². The minimum atomic E-state index is -4.85. The number of hydrogen-bond acceptors (Lipinski definition) is 3. The van der Waals surface area contributed by atoms with E-state index in [1.165, 1.54) is 0 Å². The molecule has 232 valence electrons. The van der Waals surface area contributed by atoms with E-state index in [1.807, 2.05) is 59.7 Å². The van der Waals surface area contributed by atoms with Gasteiger partial charge in [-0.15, -0.1) is 0 Å². The molecule has 2 aromatic rings. The lowest BCUT2D eigenvalue weighted by molar-refractivity contribution is -0.139. The highest BCUT2D eigenvalue weighted by Crippen LogP contribution is 2.34. The number of urea groups is 1. The summed E-state index contributed by atoms with van der Waals surface area (Å²) in [5.41, 5.74) is 1.16. The van der Waals surface area contributed by atoms with Crippen molar-refractivity contribution < 1.29 is 22.4 Å². The summed E-state index contributed by atoms with van der Waals surface area (Å²) in [5.74, 6) is -1.38. The Hall–Kier alpha value is -3.38. The molecule has 0 aromatic heterocycles. The Labute approximate surface area is 249 Å². The molecule has 1 fully saturated rings. The van der Waals surface area contributed by atoms with Crippen LogP contribution in [-0.2, 0) is 6.18 Å². The van der Waals surface area contributed by atoms with Crippen LogP contribution in [0.25, 0.3) is 5.57 Å². The first-order valence-corrected chi connectivity index (χ1v) is 15.1. The summed E-state index contributed by atoms with van der Waals surface area (Å²) in [4.78, 5) is 17.2. The number of carbonyl (C=O) groups excluding carboxylic acids is 1. The first-order valence-electron chi connectivity index (χ1n) is 15.1. The topological polar surface area (TPSA) is 59.4 Å². The number of amides is 2. The number of carbonyl (C=O) groups is 1. The van der Waals surface area contributed by atoms with E-state index in [9.17, 15) is 27.6 Å². The minimum absolute atomic E-state index is 0.0970. The van der Waals surface area contributed by atoms with Gasteiger partial charge < -0.3 is 15.1 Å². The van der Waals surface area contributed by atoms with E-state index in [2.05, 4.69) is 22.4 Å². The number of benzene rings is 2. The average molecular weight is 591 g/mol. The number of nitriles is 1. The Bertz CT molecular complexity index is 1170. The molecule has 1 unspecified atom stereocenters. The van der Waals surface area contributed by atoms with E-state index >= 15 is 0 Å². The van der Waals surface area contributed by atoms with Crippen LogP contribution < -0.4 is 5.32 Å². The van der Waals surface area contributed by atoms with Gasteiger partial charge in [0.15, 0.2) is 0 Å². The van der Waals surface area contributed by atoms with Crippen LogP contribution in [-0.4, -0.2) is 48.1 Å². The van der Waals surface area contributed by atoms with Crippen LogP contribution in [0.5, 0.6) is 0 Å². The Morgan fingerprint density at radius 2 is 1.71 bits per heavy atom. The van der Waals surface area contributed by atoms with Crippen molar-refractivity contribution in [3.8, 4) is 6.07 Å². The van der Waals surface area contributed by atoms with Crippen LogP contribution in [0, 0.1) is 17.1 Å². The maximum atomic E-state index is 13.7. The summed E-state index contributed by atoms with van der Waals surface area (Å²) < 4.78 is 53.1. The predicted molar refractivity (Wildman–Crippen MR) is 164 cm³/mol. The van der Waals surface area contributed by atoms with Gasteiger partial charge in [-0.3, -0.25) is 0 Å². The van der Waals surface area contributed by atoms with Gasteiger partial charge in [-0.25, -0.2) is 9.18 Å². The van der Waals surface area contributed by atoms with Gasteiger partial charge in [0.2, 0.25) is 0 Å². The van der Waals surface area contributed by atoms with Gasteiger partial charge in [0.05, 0.1) is 17.2 Å². The Morgan fingerprint density at radius 1 is 1.05 bits per heavy atom. The van der Waals surface area contributed by atoms with Gasteiger partial charge in [0.1, 0.15) is 5.82 Å². The zero-order chi connectivity index (χ0) is 31.7. The highest BCUT2D eigenvalue weighted by atomic mass is 19.4. The Morgan fingerprint density at radius 3 is 2.29 bits per heavy atom. The SMILES string of the molecule is CC.CC.CC.N#Cc1cccc(C2=CCC(N(CCN3CCCC3)C(=O)Nc3ccc(F)c(C(F)(F)F)c3)CC2)c1. The van der Waals surface area contributed by atoms with Crippen LogP contribution in [0.2, 0.25) is 0 Å². The van der Waals surface area contributed by atoms with Crippen molar-refractivity contribution >= 4 is 17.3 Å². The van der Waals surface area contributed by atoms with Crippen molar-refractivity contribution in [2.24, 2.45) is 0 Å². The lowest BCUT2D eigenvalue weighted by Gasteiger charge is -2.35. The van der Waals surface area contributed by atoms with Crippen molar-refractivity contribution in [1.29, 1.82) is 5.26 Å². The molecule has 0 saturated carbocycles. The second kappa shape index (κ2) is 18.9. The fourth-order valence-corrected chi connectivity index (χ4v) is 4.87. The molecular formula is C33H46F4N4O. The third-order valence-corrected chi connectivity index (χ3v) is 6.83. The number of alkyl halides is 3. The number of rotatable bonds is 6. The van der Waals surface area contributed by atoms with Gasteiger partial charge in [-0.05, 0) is 86.7 Å². The lowest BCUT2D eigenvalue weighted by atomic mass is 9.89. The molecule has 1 N–H and O–H groups in total. The molecule has 1 heterocycles. The van der Waals surface area contributed by atoms with Crippen molar-refractivity contribution in [3.63, 3.8) is 0 Å². The molecule has 1 aliphatic carbocycles. The molecular weight excluding hydrogens is 544 g/mol. The molecule has 4 rings (SSSR count). The Kier molecular flexibility index (Phi) is 16.5. The van der Waals surface area contributed by atoms with E-state index in [-0.39, 0.29) is 11.7 Å². The average Bonchev–Trinajstić information content (AvgIpc) is 3.55. The molecule has 1 saturated heterocycles. The second-order valence-corrected chi connectivity index (χ2v) is 9.21. The first-order chi connectivity index (χ1) is 20.2. The summed E-state index contributed by atoms with van der Waals surface area (Å²) in [7, 11) is 0. The van der Waals surface area contributed by atoms with Crippen molar-refractivity contribution in [1.82, 2.24) is 9.80 Å². The van der Waals surface area contributed by atoms with Crippen LogP contribution >= 0.6 is 0 Å². The normalized spacial score (nSPS) is 16.2. The predicted octanol–water partition coefficient (Wildman–Crippen LogP) is 9.36. The van der Waals surface area contributed by atoms with Crippen molar-refractivity contribution in [2.45, 2.75) is 85.9 Å². The molecule has 1 atom stereocenters. The number of hydrogen-bond donors (Lipinski definition) is 1. The fraction of sp³-hybridized carbons (Fsp3) is 0.515. The summed E-state index contributed by atoms with van der Waals surface area (Å²) >= 11 is 0. The van der Waals surface area contributed by atoms with Crippen LogP contribution in [0.4, 0.5) is 28.0 Å². The molecule has 42 heavy (non-hydrogen) atoms. The number of halogens is 4. The molecule has 5 nitrogen and oxygen atoms in total. The first kappa shape index (κ1) is 36.6. The standard InChI is InChI=1S/C27H28F4N4O.3C2H6/c28-25-11-8-22(17-24(25)27(29,30)31)33-26(36)35(15-14-34-12-1-2-13-34)23-9-6-20(7-10-23)21-5-3-4-19(16-21)18-32;3*1-2/h3-6,8,11,16-17,23H,1-2,7,9-10,12-15H2,(H,33,36);3*1-2H3. The van der Waals surface area contributed by atoms with Gasteiger partial charge >= 0.3 is 12.2 Å². The van der Waals surface area contributed by atoms with E-state index in [4.69, 9.17) is 0 Å². The molecule has 1 aliphatic heterocycles. The molecule has 0 bridgehead atoms. The summed E-state index contributed by atoms with van der Waals surface area (Å²) in [6.45, 7) is 15.1. The fourth-order valence-electron chi connectivity index (χ4n) is 4.87. The third-order valence-electron chi connectivity index (χ3n) is 6.83. The van der Waals surface area contributed by atoms with Gasteiger partial charge in [-0.1, -0.05) is 59.8 Å². The van der Waals surface area contributed by atoms with E-state index in [0.29, 0.717) is 44.0 Å². The molecule has 2 aliphatic rings. The van der Waals surface area contributed by atoms with Crippen LogP contribution in [0.15, 0.2) is 48.5 Å². The monoisotopic (exact) mass is 590 g/mol. The second-order valence-electron chi connectivity index (χ2n) is 9.21. The quantitative estimate of drug-likeness (QED) is 0.341. The highest BCUT2D eigenvalue weighted by Gasteiger charge is 2.35. The zero-order valence-corrected chi connectivity index (χ0v) is 25.8. The molecule has 2 aromatic carbocycles. The third kappa shape index (κ3) is 10.8. The smallest absolute Gasteiger partial charge is 0.320 e. The molecule has 0 radical (unpaired) electrons. The van der Waals surface area contributed by atoms with E-state index in [0.717, 1.165) is 49.2 Å². The maximum absolute atomic E-state index is 13.7. The number of allylic oxidation sites excluding steroid dienone is 1. The maximum Gasteiger partial charge on any atom is 0.419 e. The molecule has 0 spiro atoms. The lowest BCUT2D eigenvalue weighted by Crippen LogP contribution is -2.47. The largest absolute Gasteiger partial charge is 0.419 e. The van der Waals surface area contributed by atoms with Crippen LogP contribution in [0.3, 0.4) is 0 Å². The van der Waals surface area contributed by atoms with Crippen molar-refractivity contribution in [3.05, 3.63) is 71.0 Å². The van der Waals surface area contributed by atoms with Crippen molar-refractivity contribution in [2.75, 3.05) is 31.5 Å². The highest BCUT2D eigenvalue weighted by molar-refractivity contribution is 5.89. The Balaban J connectivity index is 0.00000138. The number of likely N-dealkylation sites (tertiary alicyclic amines) is 1. The molecule has 2 amide bonds. The van der Waals surface area contributed by atoms with Gasteiger partial charge in [-0.2, -0.15) is 18.4 Å². The minimum Gasteiger partial charge on any atom is -0.320 e. The summed E-state index contributed by atoms with van der Waals surface area (Å²) in [6, 6.07) is 11.4. The molecule has 9 heteroatoms. The van der Waals surface area contributed by atoms with E-state index in [1.54, 1.807) is 11.0 Å². The number of nitrogens with zero attached hydrogens (tertiary/aromatic N) is 3. The summed E-state index contributed by atoms with van der Waals surface area (Å²) in [6.07, 6.45) is 1.43. The van der Waals surface area contributed by atoms with Gasteiger partial charge in [0.25, 0.3) is 0 Å². The number of nitrogens with one attached hydrogen (secondary N) is 1. The summed E-state index contributed by atoms with van der Waals surface area (Å²) in [5, 5.41) is 11.7.